The average Bonchev–Trinajstić information content (AvgIpc) is 3.35. The molecule has 0 amide bonds. The lowest BCUT2D eigenvalue weighted by molar-refractivity contribution is -0.148. The fourth-order valence-electron chi connectivity index (χ4n) is 9.37. The third-order valence-corrected chi connectivity index (χ3v) is 13.5. The van der Waals surface area contributed by atoms with E-state index in [4.69, 9.17) is 30.4 Å². The molecular weight excluding hydrogens is 841 g/mol. The van der Waals surface area contributed by atoms with Crippen molar-refractivity contribution in [1.29, 1.82) is 0 Å². The second-order valence-electron chi connectivity index (χ2n) is 18.9. The van der Waals surface area contributed by atoms with Crippen molar-refractivity contribution in [3.63, 3.8) is 0 Å². The molecule has 0 spiro atoms. The van der Waals surface area contributed by atoms with Gasteiger partial charge < -0.3 is 30.4 Å². The lowest BCUT2D eigenvalue weighted by Gasteiger charge is -2.33. The zero-order valence-corrected chi connectivity index (χ0v) is 39.5. The fraction of sp³-hybridized carbons (Fsp3) is 0.439. The van der Waals surface area contributed by atoms with Crippen molar-refractivity contribution in [2.45, 2.75) is 117 Å². The summed E-state index contributed by atoms with van der Waals surface area (Å²) in [5.41, 5.74) is 15.7. The zero-order valence-electron chi connectivity index (χ0n) is 39.5. The molecule has 356 valence electrons. The molecule has 67 heavy (non-hydrogen) atoms. The van der Waals surface area contributed by atoms with Gasteiger partial charge >= 0.3 is 23.9 Å². The Bertz CT molecular complexity index is 2070. The van der Waals surface area contributed by atoms with Gasteiger partial charge in [0.25, 0.3) is 0 Å². The molecule has 2 aliphatic carbocycles. The largest absolute Gasteiger partial charge is 0.462 e. The second-order valence-corrected chi connectivity index (χ2v) is 18.9. The van der Waals surface area contributed by atoms with E-state index in [2.05, 4.69) is 13.8 Å². The summed E-state index contributed by atoms with van der Waals surface area (Å²) in [7, 11) is 0. The minimum atomic E-state index is -0.889. The summed E-state index contributed by atoms with van der Waals surface area (Å²) in [4.78, 5) is 52.6. The van der Waals surface area contributed by atoms with Crippen LogP contribution in [0.1, 0.15) is 126 Å². The van der Waals surface area contributed by atoms with E-state index in [0.29, 0.717) is 47.6 Å². The van der Waals surface area contributed by atoms with Crippen molar-refractivity contribution < 1.29 is 38.1 Å². The highest BCUT2D eigenvalue weighted by atomic mass is 16.6. The van der Waals surface area contributed by atoms with Crippen LogP contribution in [0, 0.1) is 29.1 Å². The van der Waals surface area contributed by atoms with Crippen LogP contribution in [0.2, 0.25) is 0 Å². The molecule has 0 saturated heterocycles. The highest BCUT2D eigenvalue weighted by Gasteiger charge is 2.35. The van der Waals surface area contributed by atoms with Gasteiger partial charge in [0.2, 0.25) is 0 Å². The van der Waals surface area contributed by atoms with Crippen molar-refractivity contribution in [3.8, 4) is 11.5 Å². The molecule has 4 aromatic rings. The Morgan fingerprint density at radius 1 is 0.522 bits per heavy atom. The maximum absolute atomic E-state index is 13.4. The number of anilines is 2. The Morgan fingerprint density at radius 2 is 0.881 bits per heavy atom. The van der Waals surface area contributed by atoms with E-state index in [9.17, 15) is 19.2 Å². The van der Waals surface area contributed by atoms with E-state index in [0.717, 1.165) is 73.6 Å². The number of rotatable bonds is 22. The van der Waals surface area contributed by atoms with Gasteiger partial charge in [-0.3, -0.25) is 9.59 Å². The minimum absolute atomic E-state index is 0.0716. The summed E-state index contributed by atoms with van der Waals surface area (Å²) >= 11 is 0. The third-order valence-electron chi connectivity index (χ3n) is 13.5. The van der Waals surface area contributed by atoms with E-state index in [-0.39, 0.29) is 37.0 Å². The first-order valence-electron chi connectivity index (χ1n) is 24.5. The van der Waals surface area contributed by atoms with Gasteiger partial charge in [0.15, 0.2) is 0 Å². The lowest BCUT2D eigenvalue weighted by atomic mass is 9.77. The molecule has 0 unspecified atom stereocenters. The summed E-state index contributed by atoms with van der Waals surface area (Å²) in [5.74, 6) is 0.716. The van der Waals surface area contributed by atoms with Gasteiger partial charge in [0, 0.05) is 28.9 Å². The van der Waals surface area contributed by atoms with Crippen molar-refractivity contribution in [2.75, 3.05) is 24.7 Å². The first kappa shape index (κ1) is 50.3. The molecule has 0 heterocycles. The van der Waals surface area contributed by atoms with E-state index < -0.39 is 17.4 Å². The Hall–Kier alpha value is -6.16. The Labute approximate surface area is 397 Å². The molecule has 0 atom stereocenters. The first-order chi connectivity index (χ1) is 32.5. The van der Waals surface area contributed by atoms with Crippen molar-refractivity contribution >= 4 is 47.4 Å². The molecule has 10 nitrogen and oxygen atoms in total. The molecule has 0 bridgehead atoms. The minimum Gasteiger partial charge on any atom is -0.462 e. The molecule has 0 aliphatic heterocycles. The Kier molecular flexibility index (Phi) is 19.3. The molecule has 0 aromatic heterocycles. The number of hydrogen-bond acceptors (Lipinski definition) is 10. The standard InChI is InChI=1S/C57H70N2O8/c1-3-5-7-41-9-23-47(24-10-41)55(62)66-51-31-17-43(18-32-51)21-35-53(60)64-39-57(37-45-13-27-49(58)28-14-45,38-46-15-29-50(59)30-16-46)40-65-54(61)36-22-44-19-33-52(34-20-44)67-56(63)48-25-11-42(12-26-48)8-6-4-2/h13-22,27-36,41-42,47-48H,3-12,23-26,37-40,58-59H2,1-2H3. The monoisotopic (exact) mass is 911 g/mol. The second kappa shape index (κ2) is 25.7. The van der Waals surface area contributed by atoms with Gasteiger partial charge in [-0.05, 0) is 159 Å². The van der Waals surface area contributed by atoms with E-state index in [1.807, 2.05) is 48.5 Å². The molecule has 4 aromatic carbocycles. The lowest BCUT2D eigenvalue weighted by Crippen LogP contribution is -2.38. The van der Waals surface area contributed by atoms with Gasteiger partial charge in [-0.25, -0.2) is 9.59 Å². The van der Waals surface area contributed by atoms with E-state index in [1.165, 1.54) is 50.7 Å². The van der Waals surface area contributed by atoms with Crippen molar-refractivity contribution in [2.24, 2.45) is 29.1 Å². The predicted molar refractivity (Wildman–Crippen MR) is 266 cm³/mol. The van der Waals surface area contributed by atoms with Crippen LogP contribution in [-0.2, 0) is 41.5 Å². The first-order valence-corrected chi connectivity index (χ1v) is 24.5. The van der Waals surface area contributed by atoms with Crippen LogP contribution in [0.15, 0.2) is 109 Å². The number of carbonyl (C=O) groups is 4. The molecule has 2 fully saturated rings. The van der Waals surface area contributed by atoms with Gasteiger partial charge in [0.1, 0.15) is 24.7 Å². The molecule has 2 aliphatic rings. The van der Waals surface area contributed by atoms with Crippen LogP contribution in [0.4, 0.5) is 11.4 Å². The number of unbranched alkanes of at least 4 members (excludes halogenated alkanes) is 2. The number of nitrogens with two attached hydrogens (primary N) is 2. The highest BCUT2D eigenvalue weighted by Crippen LogP contribution is 2.35. The maximum Gasteiger partial charge on any atom is 0.330 e. The van der Waals surface area contributed by atoms with Crippen LogP contribution in [0.25, 0.3) is 12.2 Å². The molecule has 4 N–H and O–H groups in total. The van der Waals surface area contributed by atoms with Crippen molar-refractivity contribution in [1.82, 2.24) is 0 Å². The molecule has 2 saturated carbocycles. The number of nitrogen functional groups attached to an aromatic ring is 2. The topological polar surface area (TPSA) is 157 Å². The molecular formula is C57H70N2O8. The quantitative estimate of drug-likeness (QED) is 0.0336. The SMILES string of the molecule is CCCCC1CCC(C(=O)Oc2ccc(C=CC(=O)OCC(COC(=O)C=Cc3ccc(OC(=O)C4CCC(CCCC)CC4)cc3)(Cc3ccc(N)cc3)Cc3ccc(N)cc3)cc2)CC1. The maximum atomic E-state index is 13.4. The van der Waals surface area contributed by atoms with E-state index in [1.54, 1.807) is 60.7 Å². The zero-order chi connectivity index (χ0) is 47.4. The van der Waals surface area contributed by atoms with E-state index >= 15 is 0 Å². The van der Waals surface area contributed by atoms with Gasteiger partial charge in [-0.15, -0.1) is 0 Å². The van der Waals surface area contributed by atoms with Crippen LogP contribution >= 0.6 is 0 Å². The van der Waals surface area contributed by atoms with Crippen molar-refractivity contribution in [3.05, 3.63) is 131 Å². The number of carbonyl (C=O) groups excluding carboxylic acids is 4. The summed E-state index contributed by atoms with van der Waals surface area (Å²) in [6.45, 7) is 4.28. The van der Waals surface area contributed by atoms with Crippen LogP contribution in [0.3, 0.4) is 0 Å². The highest BCUT2D eigenvalue weighted by molar-refractivity contribution is 5.88. The Balaban J connectivity index is 1.07. The number of esters is 4. The summed E-state index contributed by atoms with van der Waals surface area (Å²) in [6.07, 6.45) is 21.9. The molecule has 10 heteroatoms. The number of benzene rings is 4. The fourth-order valence-corrected chi connectivity index (χ4v) is 9.37. The normalized spacial score (nSPS) is 18.7. The Morgan fingerprint density at radius 3 is 1.22 bits per heavy atom. The molecule has 0 radical (unpaired) electrons. The number of hydrogen-bond donors (Lipinski definition) is 2. The predicted octanol–water partition coefficient (Wildman–Crippen LogP) is 11.9. The summed E-state index contributed by atoms with van der Waals surface area (Å²) in [6, 6.07) is 29.0. The smallest absolute Gasteiger partial charge is 0.330 e. The van der Waals surface area contributed by atoms with Gasteiger partial charge in [-0.1, -0.05) is 101 Å². The summed E-state index contributed by atoms with van der Waals surface area (Å²) < 4.78 is 23.4. The van der Waals surface area contributed by atoms with Crippen LogP contribution < -0.4 is 20.9 Å². The number of ether oxygens (including phenoxy) is 4. The third kappa shape index (κ3) is 16.6. The van der Waals surface area contributed by atoms with Gasteiger partial charge in [0.05, 0.1) is 11.8 Å². The summed E-state index contributed by atoms with van der Waals surface area (Å²) in [5, 5.41) is 0. The van der Waals surface area contributed by atoms with Crippen LogP contribution in [0.5, 0.6) is 11.5 Å². The molecule has 6 rings (SSSR count). The average molecular weight is 911 g/mol. The van der Waals surface area contributed by atoms with Crippen LogP contribution in [-0.4, -0.2) is 37.1 Å². The van der Waals surface area contributed by atoms with Gasteiger partial charge in [-0.2, -0.15) is 0 Å².